The molecule has 0 unspecified atom stereocenters. The predicted octanol–water partition coefficient (Wildman–Crippen LogP) is 2.45. The molecule has 98 valence electrons. The van der Waals surface area contributed by atoms with Gasteiger partial charge in [0.2, 0.25) is 0 Å². The van der Waals surface area contributed by atoms with Gasteiger partial charge in [-0.25, -0.2) is 0 Å². The number of halogens is 3. The smallest absolute Gasteiger partial charge is 0.417 e. The third-order valence-electron chi connectivity index (χ3n) is 2.05. The number of carbonyl (C=O) groups is 2. The maximum atomic E-state index is 12.6. The Morgan fingerprint density at radius 2 is 1.94 bits per heavy atom. The lowest BCUT2D eigenvalue weighted by Gasteiger charge is -2.15. The molecule has 7 heteroatoms. The lowest BCUT2D eigenvalue weighted by molar-refractivity contribution is -0.139. The van der Waals surface area contributed by atoms with Crippen LogP contribution in [0.2, 0.25) is 0 Å². The minimum absolute atomic E-state index is 0.0242. The first-order chi connectivity index (χ1) is 8.31. The van der Waals surface area contributed by atoms with Gasteiger partial charge in [-0.2, -0.15) is 13.2 Å². The molecule has 0 aromatic heterocycles. The molecule has 0 aliphatic heterocycles. The summed E-state index contributed by atoms with van der Waals surface area (Å²) in [5.41, 5.74) is -1.95. The number of ether oxygens (including phenoxy) is 2. The number of benzene rings is 1. The zero-order chi connectivity index (χ0) is 13.9. The Morgan fingerprint density at radius 3 is 2.33 bits per heavy atom. The van der Waals surface area contributed by atoms with Crippen LogP contribution in [0.3, 0.4) is 0 Å². The van der Waals surface area contributed by atoms with Gasteiger partial charge < -0.3 is 9.47 Å². The van der Waals surface area contributed by atoms with Crippen LogP contribution in [0, 0.1) is 0 Å². The Balaban J connectivity index is 3.51. The van der Waals surface area contributed by atoms with Crippen LogP contribution in [0.1, 0.15) is 22.8 Å². The van der Waals surface area contributed by atoms with E-state index in [1.54, 1.807) is 0 Å². The molecule has 1 aromatic rings. The highest BCUT2D eigenvalue weighted by Crippen LogP contribution is 2.40. The van der Waals surface area contributed by atoms with Crippen molar-refractivity contribution in [2.45, 2.75) is 13.1 Å². The van der Waals surface area contributed by atoms with Crippen LogP contribution in [0.15, 0.2) is 12.1 Å². The lowest BCUT2D eigenvalue weighted by atomic mass is 10.1. The zero-order valence-electron chi connectivity index (χ0n) is 9.50. The van der Waals surface area contributed by atoms with E-state index < -0.39 is 29.0 Å². The van der Waals surface area contributed by atoms with E-state index in [1.165, 1.54) is 7.11 Å². The molecule has 0 heterocycles. The maximum Gasteiger partial charge on any atom is 0.417 e. The molecule has 4 nitrogen and oxygen atoms in total. The molecule has 0 saturated heterocycles. The number of methoxy groups -OCH3 is 1. The number of rotatable bonds is 3. The largest absolute Gasteiger partial charge is 0.493 e. The number of carbonyl (C=O) groups excluding carboxylic acids is 2. The van der Waals surface area contributed by atoms with Gasteiger partial charge in [-0.1, -0.05) is 0 Å². The highest BCUT2D eigenvalue weighted by atomic mass is 19.4. The van der Waals surface area contributed by atoms with Crippen molar-refractivity contribution in [2.24, 2.45) is 0 Å². The third-order valence-corrected chi connectivity index (χ3v) is 2.05. The number of aldehydes is 1. The second-order valence-electron chi connectivity index (χ2n) is 3.27. The minimum atomic E-state index is -4.72. The number of hydrogen-bond donors (Lipinski definition) is 0. The Morgan fingerprint density at radius 1 is 1.33 bits per heavy atom. The summed E-state index contributed by atoms with van der Waals surface area (Å²) in [6.07, 6.45) is -4.75. The van der Waals surface area contributed by atoms with E-state index in [0.29, 0.717) is 6.07 Å². The van der Waals surface area contributed by atoms with Crippen molar-refractivity contribution in [3.63, 3.8) is 0 Å². The van der Waals surface area contributed by atoms with Crippen LogP contribution in [0.5, 0.6) is 11.5 Å². The van der Waals surface area contributed by atoms with Gasteiger partial charge in [0.05, 0.1) is 18.2 Å². The van der Waals surface area contributed by atoms with Gasteiger partial charge in [-0.05, 0) is 12.1 Å². The van der Waals surface area contributed by atoms with Gasteiger partial charge in [0.25, 0.3) is 0 Å². The highest BCUT2D eigenvalue weighted by Gasteiger charge is 2.36. The van der Waals surface area contributed by atoms with Crippen molar-refractivity contribution in [3.05, 3.63) is 23.3 Å². The fraction of sp³-hybridized carbons (Fsp3) is 0.273. The normalized spacial score (nSPS) is 10.9. The average Bonchev–Trinajstić information content (AvgIpc) is 2.26. The molecule has 0 bridgehead atoms. The number of alkyl halides is 3. The Hall–Kier alpha value is -2.05. The summed E-state index contributed by atoms with van der Waals surface area (Å²) in [4.78, 5) is 21.6. The quantitative estimate of drug-likeness (QED) is 0.477. The van der Waals surface area contributed by atoms with E-state index in [4.69, 9.17) is 4.74 Å². The molecule has 18 heavy (non-hydrogen) atoms. The van der Waals surface area contributed by atoms with Crippen molar-refractivity contribution >= 4 is 12.3 Å². The van der Waals surface area contributed by atoms with Crippen molar-refractivity contribution in [2.75, 3.05) is 7.11 Å². The summed E-state index contributed by atoms with van der Waals surface area (Å²) in [6.45, 7) is 1.01. The average molecular weight is 262 g/mol. The first-order valence-electron chi connectivity index (χ1n) is 4.73. The minimum Gasteiger partial charge on any atom is -0.493 e. The van der Waals surface area contributed by atoms with Crippen LogP contribution in [-0.2, 0) is 11.0 Å². The van der Waals surface area contributed by atoms with Crippen LogP contribution in [0.25, 0.3) is 0 Å². The summed E-state index contributed by atoms with van der Waals surface area (Å²) in [7, 11) is 1.18. The van der Waals surface area contributed by atoms with E-state index >= 15 is 0 Å². The summed E-state index contributed by atoms with van der Waals surface area (Å²) >= 11 is 0. The fourth-order valence-corrected chi connectivity index (χ4v) is 1.35. The van der Waals surface area contributed by atoms with Crippen LogP contribution < -0.4 is 9.47 Å². The Labute approximate surface area is 100 Å². The van der Waals surface area contributed by atoms with Gasteiger partial charge in [-0.3, -0.25) is 9.59 Å². The van der Waals surface area contributed by atoms with E-state index in [2.05, 4.69) is 4.74 Å². The topological polar surface area (TPSA) is 52.6 Å². The van der Waals surface area contributed by atoms with E-state index in [9.17, 15) is 22.8 Å². The third kappa shape index (κ3) is 2.79. The fourth-order valence-electron chi connectivity index (χ4n) is 1.35. The van der Waals surface area contributed by atoms with Crippen LogP contribution in [0.4, 0.5) is 13.2 Å². The van der Waals surface area contributed by atoms with Crippen LogP contribution >= 0.6 is 0 Å². The lowest BCUT2D eigenvalue weighted by Crippen LogP contribution is -2.13. The van der Waals surface area contributed by atoms with Gasteiger partial charge in [-0.15, -0.1) is 0 Å². The molecule has 0 spiro atoms. The molecule has 0 aliphatic rings. The molecule has 0 N–H and O–H groups in total. The maximum absolute atomic E-state index is 12.6. The van der Waals surface area contributed by atoms with Gasteiger partial charge >= 0.3 is 12.1 Å². The zero-order valence-corrected chi connectivity index (χ0v) is 9.50. The van der Waals surface area contributed by atoms with E-state index in [1.807, 2.05) is 0 Å². The van der Waals surface area contributed by atoms with Gasteiger partial charge in [0, 0.05) is 6.92 Å². The Bertz CT molecular complexity index is 480. The molecule has 1 aromatic carbocycles. The number of esters is 1. The summed E-state index contributed by atoms with van der Waals surface area (Å²) < 4.78 is 47.3. The molecule has 0 saturated carbocycles. The van der Waals surface area contributed by atoms with Gasteiger partial charge in [0.1, 0.15) is 0 Å². The first-order valence-corrected chi connectivity index (χ1v) is 4.73. The molecule has 0 atom stereocenters. The van der Waals surface area contributed by atoms with E-state index in [0.717, 1.165) is 13.0 Å². The SMILES string of the molecule is COc1ccc(C(F)(F)F)c(C=O)c1OC(C)=O. The predicted molar refractivity (Wildman–Crippen MR) is 54.7 cm³/mol. The van der Waals surface area contributed by atoms with Crippen molar-refractivity contribution in [3.8, 4) is 11.5 Å². The molecule has 0 fully saturated rings. The second-order valence-corrected chi connectivity index (χ2v) is 3.27. The molecule has 0 aliphatic carbocycles. The molecular weight excluding hydrogens is 253 g/mol. The summed E-state index contributed by atoms with van der Waals surface area (Å²) in [5.74, 6) is -1.51. The molecule has 0 amide bonds. The second kappa shape index (κ2) is 5.07. The Kier molecular flexibility index (Phi) is 3.95. The first kappa shape index (κ1) is 14.0. The van der Waals surface area contributed by atoms with Crippen molar-refractivity contribution < 1.29 is 32.2 Å². The number of hydrogen-bond acceptors (Lipinski definition) is 4. The molecular formula is C11H9F3O4. The van der Waals surface area contributed by atoms with E-state index in [-0.39, 0.29) is 12.0 Å². The monoisotopic (exact) mass is 262 g/mol. The molecule has 0 radical (unpaired) electrons. The summed E-state index contributed by atoms with van der Waals surface area (Å²) in [5, 5.41) is 0. The highest BCUT2D eigenvalue weighted by molar-refractivity contribution is 5.86. The van der Waals surface area contributed by atoms with Crippen molar-refractivity contribution in [1.82, 2.24) is 0 Å². The molecule has 1 rings (SSSR count). The van der Waals surface area contributed by atoms with Crippen LogP contribution in [-0.4, -0.2) is 19.4 Å². The van der Waals surface area contributed by atoms with Crippen molar-refractivity contribution in [1.29, 1.82) is 0 Å². The standard InChI is InChI=1S/C11H9F3O4/c1-6(16)18-10-7(5-15)8(11(12,13)14)3-4-9(10)17-2/h3-5H,1-2H3. The summed E-state index contributed by atoms with van der Waals surface area (Å²) in [6, 6.07) is 1.67. The van der Waals surface area contributed by atoms with Gasteiger partial charge in [0.15, 0.2) is 17.8 Å².